The number of aldehydes is 1. The van der Waals surface area contributed by atoms with Crippen molar-refractivity contribution in [1.82, 2.24) is 5.27 Å². The number of carbonyl (C=O) groups excluding carboxylic acids is 1. The number of nitrogens with zero attached hydrogens (tertiary/aromatic N) is 2. The molecule has 0 aliphatic carbocycles. The van der Waals surface area contributed by atoms with Crippen molar-refractivity contribution in [2.24, 2.45) is 0 Å². The van der Waals surface area contributed by atoms with Gasteiger partial charge in [0.05, 0.1) is 5.27 Å². The molecule has 0 spiro atoms. The number of benzene rings is 1. The van der Waals surface area contributed by atoms with Crippen molar-refractivity contribution >= 4 is 6.29 Å². The van der Waals surface area contributed by atoms with E-state index in [1.807, 2.05) is 26.0 Å². The van der Waals surface area contributed by atoms with Crippen LogP contribution in [0.5, 0.6) is 5.95 Å². The monoisotopic (exact) mass is 218 g/mol. The van der Waals surface area contributed by atoms with E-state index in [0.29, 0.717) is 12.0 Å². The maximum Gasteiger partial charge on any atom is 0.303 e. The number of rotatable bonds is 2. The first-order valence-corrected chi connectivity index (χ1v) is 4.75. The Morgan fingerprint density at radius 1 is 1.44 bits per heavy atom. The van der Waals surface area contributed by atoms with Gasteiger partial charge in [-0.2, -0.15) is 0 Å². The third kappa shape index (κ3) is 1.56. The average molecular weight is 218 g/mol. The smallest absolute Gasteiger partial charge is 0.303 e. The number of carbonyl (C=O) groups is 1. The highest BCUT2D eigenvalue weighted by Crippen LogP contribution is 2.13. The maximum atomic E-state index is 11.1. The van der Waals surface area contributed by atoms with Crippen molar-refractivity contribution in [3.05, 3.63) is 35.0 Å². The van der Waals surface area contributed by atoms with Crippen LogP contribution in [0.15, 0.2) is 22.7 Å². The van der Waals surface area contributed by atoms with Crippen LogP contribution in [0.3, 0.4) is 0 Å². The van der Waals surface area contributed by atoms with Crippen molar-refractivity contribution in [3.8, 4) is 11.6 Å². The Bertz CT molecular complexity index is 546. The van der Waals surface area contributed by atoms with Crippen LogP contribution in [0.4, 0.5) is 0 Å². The molecule has 0 bridgehead atoms. The van der Waals surface area contributed by atoms with Gasteiger partial charge in [0.2, 0.25) is 12.0 Å². The van der Waals surface area contributed by atoms with Crippen LogP contribution in [0.2, 0.25) is 0 Å². The van der Waals surface area contributed by atoms with Crippen molar-refractivity contribution in [2.45, 2.75) is 13.8 Å². The fraction of sp³-hybridized carbons (Fsp3) is 0.182. The summed E-state index contributed by atoms with van der Waals surface area (Å²) in [6.07, 6.45) is 0.443. The summed E-state index contributed by atoms with van der Waals surface area (Å²) >= 11 is 0. The van der Waals surface area contributed by atoms with Crippen molar-refractivity contribution < 1.29 is 19.1 Å². The lowest BCUT2D eigenvalue weighted by molar-refractivity contribution is -0.672. The van der Waals surface area contributed by atoms with Gasteiger partial charge in [-0.3, -0.25) is 4.79 Å². The number of aryl methyl sites for hydroxylation is 2. The topological polar surface area (TPSA) is 70.0 Å². The highest BCUT2D eigenvalue weighted by Gasteiger charge is 2.21. The molecule has 1 aromatic heterocycles. The summed E-state index contributed by atoms with van der Waals surface area (Å²) in [5.74, 6) is -0.727. The van der Waals surface area contributed by atoms with Crippen LogP contribution >= 0.6 is 0 Å². The van der Waals surface area contributed by atoms with E-state index in [1.54, 1.807) is 6.07 Å². The van der Waals surface area contributed by atoms with Crippen LogP contribution in [0.1, 0.15) is 21.6 Å². The molecule has 0 radical (unpaired) electrons. The lowest BCUT2D eigenvalue weighted by Crippen LogP contribution is -2.37. The van der Waals surface area contributed by atoms with E-state index in [9.17, 15) is 9.90 Å². The molecule has 2 aromatic rings. The normalized spacial score (nSPS) is 10.4. The summed E-state index contributed by atoms with van der Waals surface area (Å²) in [6, 6.07) is 5.61. The highest BCUT2D eigenvalue weighted by molar-refractivity contribution is 5.72. The second kappa shape index (κ2) is 3.77. The van der Waals surface area contributed by atoms with Crippen LogP contribution in [-0.4, -0.2) is 11.6 Å². The third-order valence-corrected chi connectivity index (χ3v) is 2.33. The molecule has 5 nitrogen and oxygen atoms in total. The zero-order valence-corrected chi connectivity index (χ0v) is 8.93. The van der Waals surface area contributed by atoms with Gasteiger partial charge in [0.25, 0.3) is 0 Å². The Morgan fingerprint density at radius 2 is 2.19 bits per heavy atom. The van der Waals surface area contributed by atoms with Crippen molar-refractivity contribution in [2.75, 3.05) is 0 Å². The Morgan fingerprint density at radius 3 is 2.81 bits per heavy atom. The first-order valence-electron chi connectivity index (χ1n) is 4.75. The van der Waals surface area contributed by atoms with Gasteiger partial charge in [0, 0.05) is 11.6 Å². The molecule has 0 aliphatic heterocycles. The molecule has 1 heterocycles. The van der Waals surface area contributed by atoms with Gasteiger partial charge in [0.15, 0.2) is 5.95 Å². The molecular weight excluding hydrogens is 208 g/mol. The minimum absolute atomic E-state index is 0.105. The molecule has 82 valence electrons. The van der Waals surface area contributed by atoms with E-state index in [4.69, 9.17) is 0 Å². The van der Waals surface area contributed by atoms with Gasteiger partial charge in [-0.25, -0.2) is 0 Å². The van der Waals surface area contributed by atoms with Crippen molar-refractivity contribution in [1.29, 1.82) is 0 Å². The van der Waals surface area contributed by atoms with Crippen LogP contribution < -0.4 is 9.79 Å². The summed E-state index contributed by atoms with van der Waals surface area (Å²) in [7, 11) is 0. The molecule has 0 unspecified atom stereocenters. The molecule has 0 atom stereocenters. The molecule has 2 rings (SSSR count). The third-order valence-electron chi connectivity index (χ3n) is 2.33. The lowest BCUT2D eigenvalue weighted by Gasteiger charge is -1.98. The standard InChI is InChI=1S/C11H10N2O3/c1-7-3-4-9(8(2)5-7)13-10(6-14)11(15)16-12-13/h3-6H,1-2H3. The molecule has 1 aromatic carbocycles. The minimum atomic E-state index is -0.727. The van der Waals surface area contributed by atoms with E-state index >= 15 is 0 Å². The Kier molecular flexibility index (Phi) is 2.44. The molecule has 5 heteroatoms. The van der Waals surface area contributed by atoms with Crippen LogP contribution in [-0.2, 0) is 0 Å². The van der Waals surface area contributed by atoms with E-state index in [2.05, 4.69) is 9.79 Å². The average Bonchev–Trinajstić information content (AvgIpc) is 2.59. The second-order valence-electron chi connectivity index (χ2n) is 3.57. The van der Waals surface area contributed by atoms with Gasteiger partial charge in [0.1, 0.15) is 0 Å². The first-order chi connectivity index (χ1) is 7.63. The summed E-state index contributed by atoms with van der Waals surface area (Å²) in [5.41, 5.74) is 2.58. The first kappa shape index (κ1) is 10.4. The molecule has 0 saturated carbocycles. The highest BCUT2D eigenvalue weighted by atomic mass is 16.6. The predicted molar refractivity (Wildman–Crippen MR) is 52.3 cm³/mol. The van der Waals surface area contributed by atoms with Gasteiger partial charge in [-0.1, -0.05) is 11.6 Å². The van der Waals surface area contributed by atoms with E-state index < -0.39 is 5.95 Å². The van der Waals surface area contributed by atoms with E-state index in [-0.39, 0.29) is 5.69 Å². The van der Waals surface area contributed by atoms with Gasteiger partial charge >= 0.3 is 5.69 Å². The van der Waals surface area contributed by atoms with Crippen molar-refractivity contribution in [3.63, 3.8) is 0 Å². The number of aromatic nitrogens is 2. The quantitative estimate of drug-likeness (QED) is 0.542. The lowest BCUT2D eigenvalue weighted by atomic mass is 10.1. The largest absolute Gasteiger partial charge is 0.539 e. The minimum Gasteiger partial charge on any atom is -0.539 e. The van der Waals surface area contributed by atoms with Gasteiger partial charge in [-0.05, 0) is 24.6 Å². The Balaban J connectivity index is 2.63. The van der Waals surface area contributed by atoms with E-state index in [0.717, 1.165) is 11.1 Å². The zero-order valence-electron chi connectivity index (χ0n) is 8.93. The zero-order chi connectivity index (χ0) is 11.7. The second-order valence-corrected chi connectivity index (χ2v) is 3.57. The van der Waals surface area contributed by atoms with E-state index in [1.165, 1.54) is 4.68 Å². The summed E-state index contributed by atoms with van der Waals surface area (Å²) < 4.78 is 5.66. The Hall–Kier alpha value is -2.17. The fourth-order valence-electron chi connectivity index (χ4n) is 1.57. The summed E-state index contributed by atoms with van der Waals surface area (Å²) in [5, 5.41) is 14.7. The molecule has 0 aliphatic rings. The SMILES string of the molecule is Cc1ccc(-[n+]2noc([O-])c2C=O)c(C)c1. The summed E-state index contributed by atoms with van der Waals surface area (Å²) in [4.78, 5) is 10.7. The number of hydrogen-bond donors (Lipinski definition) is 0. The van der Waals surface area contributed by atoms with Crippen LogP contribution in [0, 0.1) is 13.8 Å². The molecule has 0 fully saturated rings. The molecule has 0 saturated heterocycles. The predicted octanol–water partition coefficient (Wildman–Crippen LogP) is 0.454. The molecule has 0 amide bonds. The Labute approximate surface area is 91.9 Å². The fourth-order valence-corrected chi connectivity index (χ4v) is 1.57. The molecule has 16 heavy (non-hydrogen) atoms. The van der Waals surface area contributed by atoms with Crippen LogP contribution in [0.25, 0.3) is 5.69 Å². The summed E-state index contributed by atoms with van der Waals surface area (Å²) in [6.45, 7) is 3.84. The molecule has 0 N–H and O–H groups in total. The maximum absolute atomic E-state index is 11.1. The van der Waals surface area contributed by atoms with Gasteiger partial charge < -0.3 is 9.63 Å². The van der Waals surface area contributed by atoms with Gasteiger partial charge in [-0.15, -0.1) is 0 Å². The number of hydrogen-bond acceptors (Lipinski definition) is 4. The molecular formula is C11H10N2O3.